The van der Waals surface area contributed by atoms with Gasteiger partial charge in [-0.2, -0.15) is 0 Å². The van der Waals surface area contributed by atoms with Gasteiger partial charge in [-0.15, -0.1) is 11.3 Å². The summed E-state index contributed by atoms with van der Waals surface area (Å²) in [6.45, 7) is 1.96. The van der Waals surface area contributed by atoms with Crippen LogP contribution < -0.4 is 5.32 Å². The highest BCUT2D eigenvalue weighted by Gasteiger charge is 2.33. The van der Waals surface area contributed by atoms with E-state index in [0.717, 1.165) is 25.9 Å². The standard InChI is InChI=1S/C21H16ClN3O3S/c1-11-4-3-5-12(17(11)22)8-14-10-23-21(29-14)24-18(26)13-6-7-15-16(9-13)20(28)25(2)19(15)27/h3-7,9-10H,8H2,1-2H3,(H,23,24,26). The second-order valence-corrected chi connectivity index (χ2v) is 8.23. The zero-order chi connectivity index (χ0) is 20.7. The van der Waals surface area contributed by atoms with Gasteiger partial charge in [0.2, 0.25) is 0 Å². The molecule has 0 atom stereocenters. The lowest BCUT2D eigenvalue weighted by Gasteiger charge is -2.05. The van der Waals surface area contributed by atoms with Gasteiger partial charge in [-0.1, -0.05) is 29.8 Å². The molecule has 0 radical (unpaired) electrons. The van der Waals surface area contributed by atoms with Crippen molar-refractivity contribution in [2.24, 2.45) is 0 Å². The number of aryl methyl sites for hydroxylation is 1. The molecule has 29 heavy (non-hydrogen) atoms. The fourth-order valence-corrected chi connectivity index (χ4v) is 4.17. The number of rotatable bonds is 4. The number of halogens is 1. The maximum atomic E-state index is 12.6. The van der Waals surface area contributed by atoms with Gasteiger partial charge in [-0.05, 0) is 36.2 Å². The second-order valence-electron chi connectivity index (χ2n) is 6.74. The molecule has 0 bridgehead atoms. The predicted octanol–water partition coefficient (Wildman–Crippen LogP) is 4.17. The van der Waals surface area contributed by atoms with Crippen LogP contribution >= 0.6 is 22.9 Å². The maximum absolute atomic E-state index is 12.6. The number of hydrogen-bond donors (Lipinski definition) is 1. The van der Waals surface area contributed by atoms with Crippen LogP contribution in [0.4, 0.5) is 5.13 Å². The van der Waals surface area contributed by atoms with Crippen LogP contribution in [0.5, 0.6) is 0 Å². The van der Waals surface area contributed by atoms with E-state index in [9.17, 15) is 14.4 Å². The Labute approximate surface area is 176 Å². The Balaban J connectivity index is 1.50. The summed E-state index contributed by atoms with van der Waals surface area (Å²) in [5, 5.41) is 3.93. The molecule has 8 heteroatoms. The molecule has 4 rings (SSSR count). The number of amides is 3. The van der Waals surface area contributed by atoms with Crippen molar-refractivity contribution in [3.8, 4) is 0 Å². The first-order valence-corrected chi connectivity index (χ1v) is 10.0. The molecule has 6 nitrogen and oxygen atoms in total. The summed E-state index contributed by atoms with van der Waals surface area (Å²) in [6.07, 6.45) is 2.33. The first-order chi connectivity index (χ1) is 13.8. The summed E-state index contributed by atoms with van der Waals surface area (Å²) in [6, 6.07) is 10.3. The molecule has 1 aliphatic heterocycles. The molecule has 3 amide bonds. The fraction of sp³-hybridized carbons (Fsp3) is 0.143. The quantitative estimate of drug-likeness (QED) is 0.636. The Hall–Kier alpha value is -3.03. The molecule has 1 aromatic heterocycles. The van der Waals surface area contributed by atoms with E-state index >= 15 is 0 Å². The lowest BCUT2D eigenvalue weighted by atomic mass is 10.1. The molecule has 0 saturated carbocycles. The van der Waals surface area contributed by atoms with E-state index in [0.29, 0.717) is 22.7 Å². The van der Waals surface area contributed by atoms with Crippen LogP contribution in [0.2, 0.25) is 5.02 Å². The van der Waals surface area contributed by atoms with Crippen LogP contribution in [0.15, 0.2) is 42.6 Å². The molecule has 1 N–H and O–H groups in total. The lowest BCUT2D eigenvalue weighted by Crippen LogP contribution is -2.24. The third-order valence-corrected chi connectivity index (χ3v) is 6.22. The average Bonchev–Trinajstić information content (AvgIpc) is 3.23. The number of aromatic nitrogens is 1. The van der Waals surface area contributed by atoms with E-state index in [1.807, 2.05) is 25.1 Å². The van der Waals surface area contributed by atoms with Crippen LogP contribution in [0, 0.1) is 6.92 Å². The Kier molecular flexibility index (Phi) is 4.94. The van der Waals surface area contributed by atoms with Crippen molar-refractivity contribution >= 4 is 45.8 Å². The number of nitrogens with one attached hydrogen (secondary N) is 1. The second kappa shape index (κ2) is 7.42. The van der Waals surface area contributed by atoms with E-state index in [1.165, 1.54) is 36.6 Å². The molecule has 0 unspecified atom stereocenters. The normalized spacial score (nSPS) is 13.0. The Morgan fingerprint density at radius 3 is 2.72 bits per heavy atom. The number of imide groups is 1. The molecule has 0 fully saturated rings. The summed E-state index contributed by atoms with van der Waals surface area (Å²) in [5.74, 6) is -1.17. The van der Waals surface area contributed by atoms with Crippen LogP contribution in [0.1, 0.15) is 47.1 Å². The van der Waals surface area contributed by atoms with E-state index in [-0.39, 0.29) is 11.5 Å². The molecule has 0 spiro atoms. The summed E-state index contributed by atoms with van der Waals surface area (Å²) in [5.41, 5.74) is 2.84. The van der Waals surface area contributed by atoms with Crippen LogP contribution in [0.3, 0.4) is 0 Å². The van der Waals surface area contributed by atoms with Gasteiger partial charge < -0.3 is 0 Å². The van der Waals surface area contributed by atoms with Crippen molar-refractivity contribution in [2.45, 2.75) is 13.3 Å². The van der Waals surface area contributed by atoms with Gasteiger partial charge in [0.05, 0.1) is 11.1 Å². The molecule has 2 aromatic carbocycles. The lowest BCUT2D eigenvalue weighted by molar-refractivity contribution is 0.0693. The van der Waals surface area contributed by atoms with Gasteiger partial charge in [0.25, 0.3) is 17.7 Å². The highest BCUT2D eigenvalue weighted by Crippen LogP contribution is 2.27. The highest BCUT2D eigenvalue weighted by atomic mass is 35.5. The molecule has 1 aliphatic rings. The van der Waals surface area contributed by atoms with Gasteiger partial charge in [0.1, 0.15) is 0 Å². The van der Waals surface area contributed by atoms with Crippen molar-refractivity contribution < 1.29 is 14.4 Å². The van der Waals surface area contributed by atoms with Crippen molar-refractivity contribution in [3.63, 3.8) is 0 Å². The number of fused-ring (bicyclic) bond motifs is 1. The number of nitrogens with zero attached hydrogens (tertiary/aromatic N) is 2. The minimum atomic E-state index is -0.411. The summed E-state index contributed by atoms with van der Waals surface area (Å²) in [4.78, 5) is 42.9. The summed E-state index contributed by atoms with van der Waals surface area (Å²) < 4.78 is 0. The largest absolute Gasteiger partial charge is 0.298 e. The van der Waals surface area contributed by atoms with Gasteiger partial charge in [0.15, 0.2) is 5.13 Å². The van der Waals surface area contributed by atoms with Gasteiger partial charge in [-0.3, -0.25) is 24.6 Å². The maximum Gasteiger partial charge on any atom is 0.261 e. The van der Waals surface area contributed by atoms with Gasteiger partial charge in [0, 0.05) is 35.1 Å². The van der Waals surface area contributed by atoms with Crippen molar-refractivity contribution in [2.75, 3.05) is 12.4 Å². The molecule has 0 saturated heterocycles. The first-order valence-electron chi connectivity index (χ1n) is 8.81. The number of anilines is 1. The third-order valence-electron chi connectivity index (χ3n) is 4.76. The molecular formula is C21H16ClN3O3S. The predicted molar refractivity (Wildman–Crippen MR) is 112 cm³/mol. The van der Waals surface area contributed by atoms with Crippen molar-refractivity contribution in [3.05, 3.63) is 80.3 Å². The van der Waals surface area contributed by atoms with Crippen molar-refractivity contribution in [1.29, 1.82) is 0 Å². The average molecular weight is 426 g/mol. The van der Waals surface area contributed by atoms with E-state index in [2.05, 4.69) is 10.3 Å². The monoisotopic (exact) mass is 425 g/mol. The minimum absolute atomic E-state index is 0.235. The van der Waals surface area contributed by atoms with Crippen LogP contribution in [-0.2, 0) is 6.42 Å². The minimum Gasteiger partial charge on any atom is -0.298 e. The first kappa shape index (κ1) is 19.3. The number of carbonyl (C=O) groups excluding carboxylic acids is 3. The molecule has 146 valence electrons. The molecule has 0 aliphatic carbocycles. The Morgan fingerprint density at radius 1 is 1.17 bits per heavy atom. The molecule has 2 heterocycles. The van der Waals surface area contributed by atoms with Crippen LogP contribution in [-0.4, -0.2) is 34.7 Å². The molecule has 3 aromatic rings. The van der Waals surface area contributed by atoms with E-state index in [1.54, 1.807) is 6.20 Å². The highest BCUT2D eigenvalue weighted by molar-refractivity contribution is 7.15. The SMILES string of the molecule is Cc1cccc(Cc2cnc(NC(=O)c3ccc4c(c3)C(=O)N(C)C4=O)s2)c1Cl. The molecular weight excluding hydrogens is 410 g/mol. The van der Waals surface area contributed by atoms with E-state index < -0.39 is 11.8 Å². The summed E-state index contributed by atoms with van der Waals surface area (Å²) in [7, 11) is 1.42. The number of carbonyl (C=O) groups is 3. The number of benzene rings is 2. The third kappa shape index (κ3) is 3.54. The van der Waals surface area contributed by atoms with Gasteiger partial charge in [-0.25, -0.2) is 4.98 Å². The smallest absolute Gasteiger partial charge is 0.261 e. The van der Waals surface area contributed by atoms with Crippen molar-refractivity contribution in [1.82, 2.24) is 9.88 Å². The van der Waals surface area contributed by atoms with E-state index in [4.69, 9.17) is 11.6 Å². The topological polar surface area (TPSA) is 79.4 Å². The Bertz CT molecular complexity index is 1170. The van der Waals surface area contributed by atoms with Crippen LogP contribution in [0.25, 0.3) is 0 Å². The fourth-order valence-electron chi connectivity index (χ4n) is 3.15. The number of thiazole rings is 1. The number of hydrogen-bond acceptors (Lipinski definition) is 5. The zero-order valence-corrected chi connectivity index (χ0v) is 17.2. The van der Waals surface area contributed by atoms with Gasteiger partial charge >= 0.3 is 0 Å². The zero-order valence-electron chi connectivity index (χ0n) is 15.7. The Morgan fingerprint density at radius 2 is 1.93 bits per heavy atom. The summed E-state index contributed by atoms with van der Waals surface area (Å²) >= 11 is 7.71.